The molecule has 0 saturated carbocycles. The van der Waals surface area contributed by atoms with Crippen molar-refractivity contribution in [3.63, 3.8) is 0 Å². The summed E-state index contributed by atoms with van der Waals surface area (Å²) in [5.74, 6) is 0.500. The second-order valence-electron chi connectivity index (χ2n) is 9.02. The molecular weight excluding hydrogens is 448 g/mol. The van der Waals surface area contributed by atoms with Crippen LogP contribution in [0.4, 0.5) is 17.2 Å². The Morgan fingerprint density at radius 1 is 0.833 bits per heavy atom. The number of nitrogens with zero attached hydrogens (tertiary/aromatic N) is 4. The predicted octanol–water partition coefficient (Wildman–Crippen LogP) is 4.57. The predicted molar refractivity (Wildman–Crippen MR) is 145 cm³/mol. The topological polar surface area (TPSA) is 73.4 Å². The molecule has 1 fully saturated rings. The lowest BCUT2D eigenvalue weighted by molar-refractivity contribution is 0.0951. The van der Waals surface area contributed by atoms with Gasteiger partial charge in [0, 0.05) is 55.2 Å². The summed E-state index contributed by atoms with van der Waals surface area (Å²) in [5.41, 5.74) is 5.50. The van der Waals surface area contributed by atoms with Crippen molar-refractivity contribution in [2.75, 3.05) is 43.4 Å². The van der Waals surface area contributed by atoms with Crippen LogP contribution >= 0.6 is 0 Å². The normalized spacial score (nSPS) is 13.9. The van der Waals surface area contributed by atoms with Crippen LogP contribution in [0, 0.1) is 0 Å². The van der Waals surface area contributed by atoms with Crippen LogP contribution in [0.25, 0.3) is 11.3 Å². The smallest absolute Gasteiger partial charge is 0.251 e. The van der Waals surface area contributed by atoms with Crippen molar-refractivity contribution >= 4 is 23.1 Å². The highest BCUT2D eigenvalue weighted by molar-refractivity contribution is 5.95. The minimum atomic E-state index is -0.118. The maximum absolute atomic E-state index is 12.8. The maximum atomic E-state index is 12.8. The standard InChI is InChI=1S/C29H30N6O/c1-34-16-18-35(19-17-34)26-12-10-22(11-13-26)21-30-29(36)24-8-5-9-25(20-24)31-28-15-14-27(32-33-28)23-6-3-2-4-7-23/h2-15,20H,16-19,21H2,1H3,(H,30,36)(H,31,33). The van der Waals surface area contributed by atoms with Gasteiger partial charge < -0.3 is 20.4 Å². The molecule has 0 radical (unpaired) electrons. The van der Waals surface area contributed by atoms with E-state index >= 15 is 0 Å². The number of rotatable bonds is 7. The lowest BCUT2D eigenvalue weighted by atomic mass is 10.1. The van der Waals surface area contributed by atoms with Gasteiger partial charge in [-0.3, -0.25) is 4.79 Å². The highest BCUT2D eigenvalue weighted by Crippen LogP contribution is 2.20. The van der Waals surface area contributed by atoms with E-state index in [9.17, 15) is 4.79 Å². The van der Waals surface area contributed by atoms with Crippen LogP contribution in [0.3, 0.4) is 0 Å². The first kappa shape index (κ1) is 23.5. The van der Waals surface area contributed by atoms with Crippen molar-refractivity contribution in [2.45, 2.75) is 6.54 Å². The molecule has 2 N–H and O–H groups in total. The van der Waals surface area contributed by atoms with E-state index in [-0.39, 0.29) is 5.91 Å². The zero-order valence-corrected chi connectivity index (χ0v) is 20.4. The summed E-state index contributed by atoms with van der Waals surface area (Å²) in [6, 6.07) is 29.6. The lowest BCUT2D eigenvalue weighted by Gasteiger charge is -2.34. The van der Waals surface area contributed by atoms with Crippen LogP contribution in [0.5, 0.6) is 0 Å². The number of carbonyl (C=O) groups is 1. The third-order valence-electron chi connectivity index (χ3n) is 6.39. The number of hydrogen-bond acceptors (Lipinski definition) is 6. The molecule has 0 unspecified atom stereocenters. The zero-order chi connectivity index (χ0) is 24.7. The monoisotopic (exact) mass is 478 g/mol. The van der Waals surface area contributed by atoms with Gasteiger partial charge in [0.15, 0.2) is 5.82 Å². The highest BCUT2D eigenvalue weighted by Gasteiger charge is 2.14. The van der Waals surface area contributed by atoms with Crippen LogP contribution in [-0.2, 0) is 6.54 Å². The first-order valence-electron chi connectivity index (χ1n) is 12.2. The second-order valence-corrected chi connectivity index (χ2v) is 9.02. The van der Waals surface area contributed by atoms with Crippen molar-refractivity contribution in [2.24, 2.45) is 0 Å². The van der Waals surface area contributed by atoms with Crippen molar-refractivity contribution in [3.05, 3.63) is 102 Å². The molecule has 0 aliphatic carbocycles. The SMILES string of the molecule is CN1CCN(c2ccc(CNC(=O)c3cccc(Nc4ccc(-c5ccccc5)nn4)c3)cc2)CC1. The molecule has 1 aliphatic rings. The summed E-state index contributed by atoms with van der Waals surface area (Å²) < 4.78 is 0. The molecule has 1 saturated heterocycles. The van der Waals surface area contributed by atoms with E-state index in [0.29, 0.717) is 17.9 Å². The average Bonchev–Trinajstić information content (AvgIpc) is 2.93. The molecule has 1 amide bonds. The van der Waals surface area contributed by atoms with Crippen molar-refractivity contribution < 1.29 is 4.79 Å². The first-order chi connectivity index (χ1) is 17.6. The molecule has 3 aromatic carbocycles. The van der Waals surface area contributed by atoms with Crippen LogP contribution in [0.2, 0.25) is 0 Å². The number of hydrogen-bond donors (Lipinski definition) is 2. The van der Waals surface area contributed by atoms with Gasteiger partial charge in [-0.25, -0.2) is 0 Å². The Labute approximate surface area is 211 Å². The summed E-state index contributed by atoms with van der Waals surface area (Å²) in [6.07, 6.45) is 0. The van der Waals surface area contributed by atoms with Crippen molar-refractivity contribution in [3.8, 4) is 11.3 Å². The zero-order valence-electron chi connectivity index (χ0n) is 20.4. The van der Waals surface area contributed by atoms with Crippen LogP contribution in [0.1, 0.15) is 15.9 Å². The largest absolute Gasteiger partial charge is 0.369 e. The van der Waals surface area contributed by atoms with E-state index in [1.807, 2.05) is 60.7 Å². The number of amides is 1. The van der Waals surface area contributed by atoms with Gasteiger partial charge in [0.25, 0.3) is 5.91 Å². The molecule has 182 valence electrons. The van der Waals surface area contributed by atoms with E-state index in [4.69, 9.17) is 0 Å². The fraction of sp³-hybridized carbons (Fsp3) is 0.207. The molecule has 0 bridgehead atoms. The summed E-state index contributed by atoms with van der Waals surface area (Å²) in [5, 5.41) is 14.8. The Morgan fingerprint density at radius 3 is 2.33 bits per heavy atom. The molecule has 7 nitrogen and oxygen atoms in total. The second kappa shape index (κ2) is 11.0. The first-order valence-corrected chi connectivity index (χ1v) is 12.2. The molecule has 7 heteroatoms. The quantitative estimate of drug-likeness (QED) is 0.405. The molecule has 36 heavy (non-hydrogen) atoms. The van der Waals surface area contributed by atoms with Crippen LogP contribution < -0.4 is 15.5 Å². The number of carbonyl (C=O) groups excluding carboxylic acids is 1. The van der Waals surface area contributed by atoms with Gasteiger partial charge in [0.05, 0.1) is 5.69 Å². The molecule has 4 aromatic rings. The number of likely N-dealkylation sites (N-methyl/N-ethyl adjacent to an activating group) is 1. The van der Waals surface area contributed by atoms with Crippen molar-refractivity contribution in [1.29, 1.82) is 0 Å². The van der Waals surface area contributed by atoms with Gasteiger partial charge in [-0.1, -0.05) is 48.5 Å². The number of aromatic nitrogens is 2. The van der Waals surface area contributed by atoms with E-state index in [2.05, 4.69) is 61.9 Å². The van der Waals surface area contributed by atoms with Crippen LogP contribution in [0.15, 0.2) is 91.0 Å². The van der Waals surface area contributed by atoms with Gasteiger partial charge in [-0.15, -0.1) is 10.2 Å². The summed E-state index contributed by atoms with van der Waals surface area (Å²) in [7, 11) is 2.16. The number of piperazine rings is 1. The van der Waals surface area contributed by atoms with Gasteiger partial charge >= 0.3 is 0 Å². The third-order valence-corrected chi connectivity index (χ3v) is 6.39. The average molecular weight is 479 g/mol. The fourth-order valence-corrected chi connectivity index (χ4v) is 4.22. The molecule has 1 aromatic heterocycles. The van der Waals surface area contributed by atoms with Gasteiger partial charge in [0.1, 0.15) is 0 Å². The molecule has 5 rings (SSSR count). The number of benzene rings is 3. The molecule has 1 aliphatic heterocycles. The minimum absolute atomic E-state index is 0.118. The van der Waals surface area contributed by atoms with E-state index in [0.717, 1.165) is 48.7 Å². The lowest BCUT2D eigenvalue weighted by Crippen LogP contribution is -2.44. The van der Waals surface area contributed by atoms with Crippen LogP contribution in [-0.4, -0.2) is 54.2 Å². The Balaban J connectivity index is 1.16. The molecule has 0 atom stereocenters. The number of nitrogens with one attached hydrogen (secondary N) is 2. The van der Waals surface area contributed by atoms with Crippen molar-refractivity contribution in [1.82, 2.24) is 20.4 Å². The Hall–Kier alpha value is -4.23. The summed E-state index contributed by atoms with van der Waals surface area (Å²) in [4.78, 5) is 17.5. The van der Waals surface area contributed by atoms with E-state index in [1.165, 1.54) is 5.69 Å². The molecule has 0 spiro atoms. The van der Waals surface area contributed by atoms with E-state index in [1.54, 1.807) is 6.07 Å². The number of anilines is 3. The van der Waals surface area contributed by atoms with Gasteiger partial charge in [-0.2, -0.15) is 0 Å². The Morgan fingerprint density at radius 2 is 1.61 bits per heavy atom. The molecule has 2 heterocycles. The fourth-order valence-electron chi connectivity index (χ4n) is 4.22. The Bertz CT molecular complexity index is 1280. The third kappa shape index (κ3) is 5.87. The summed E-state index contributed by atoms with van der Waals surface area (Å²) in [6.45, 7) is 4.72. The van der Waals surface area contributed by atoms with Gasteiger partial charge in [0.2, 0.25) is 0 Å². The van der Waals surface area contributed by atoms with E-state index < -0.39 is 0 Å². The molecular formula is C29H30N6O. The maximum Gasteiger partial charge on any atom is 0.251 e. The Kier molecular flexibility index (Phi) is 7.19. The highest BCUT2D eigenvalue weighted by atomic mass is 16.1. The van der Waals surface area contributed by atoms with Gasteiger partial charge in [-0.05, 0) is 55.1 Å². The minimum Gasteiger partial charge on any atom is -0.369 e. The summed E-state index contributed by atoms with van der Waals surface area (Å²) >= 11 is 0.